The average Bonchev–Trinajstić information content (AvgIpc) is 2.58. The lowest BCUT2D eigenvalue weighted by molar-refractivity contribution is 1.12. The number of hydrogen-bond donors (Lipinski definition) is 4. The molecule has 0 spiro atoms. The van der Waals surface area contributed by atoms with Gasteiger partial charge in [0, 0.05) is 68.0 Å². The third-order valence-electron chi connectivity index (χ3n) is 2.65. The first-order valence-corrected chi connectivity index (χ1v) is 15.8. The average molecular weight is 487 g/mol. The molecular weight excluding hydrogens is 457 g/mol. The van der Waals surface area contributed by atoms with Crippen molar-refractivity contribution in [3.05, 3.63) is 0 Å². The van der Waals surface area contributed by atoms with E-state index in [1.165, 1.54) is 34.5 Å². The molecule has 140 valence electrons. The fourth-order valence-corrected chi connectivity index (χ4v) is 9.03. The van der Waals surface area contributed by atoms with E-state index in [9.17, 15) is 0 Å². The molecular formula is C14H30S9. The summed E-state index contributed by atoms with van der Waals surface area (Å²) in [5.74, 6) is 13.6. The molecule has 2 atom stereocenters. The normalized spacial score (nSPS) is 14.1. The van der Waals surface area contributed by atoms with E-state index in [1.807, 2.05) is 23.5 Å². The highest BCUT2D eigenvalue weighted by Crippen LogP contribution is 2.24. The van der Waals surface area contributed by atoms with Gasteiger partial charge in [-0.1, -0.05) is 0 Å². The standard InChI is InChI=1S/C14H30S9/c15-1-3-19-5-7-22-13(9-17)11-21-12-14(10-18)23-8-6-20-4-2-16/h13-18H,1-12H2/t13-,14+. The Morgan fingerprint density at radius 2 is 0.957 bits per heavy atom. The topological polar surface area (TPSA) is 0 Å². The lowest BCUT2D eigenvalue weighted by Crippen LogP contribution is -2.15. The molecule has 0 nitrogen and oxygen atoms in total. The predicted octanol–water partition coefficient (Wildman–Crippen LogP) is 5.11. The molecule has 0 heterocycles. The lowest BCUT2D eigenvalue weighted by atomic mass is 10.5. The summed E-state index contributed by atoms with van der Waals surface area (Å²) in [4.78, 5) is 0. The maximum absolute atomic E-state index is 4.51. The summed E-state index contributed by atoms with van der Waals surface area (Å²) in [7, 11) is 0. The fourth-order valence-electron chi connectivity index (χ4n) is 1.52. The fraction of sp³-hybridized carbons (Fsp3) is 1.00. The molecule has 0 saturated heterocycles. The Balaban J connectivity index is 3.63. The van der Waals surface area contributed by atoms with Crippen LogP contribution in [0.4, 0.5) is 0 Å². The van der Waals surface area contributed by atoms with Crippen LogP contribution in [0.2, 0.25) is 0 Å². The summed E-state index contributed by atoms with van der Waals surface area (Å²) in [6, 6.07) is 0. The van der Waals surface area contributed by atoms with Gasteiger partial charge in [-0.15, -0.1) is 0 Å². The van der Waals surface area contributed by atoms with Gasteiger partial charge in [-0.2, -0.15) is 109 Å². The second-order valence-corrected chi connectivity index (χ2v) is 12.5. The summed E-state index contributed by atoms with van der Waals surface area (Å²) >= 11 is 27.7. The van der Waals surface area contributed by atoms with Crippen molar-refractivity contribution in [3.8, 4) is 0 Å². The van der Waals surface area contributed by atoms with E-state index < -0.39 is 0 Å². The zero-order valence-electron chi connectivity index (χ0n) is 13.5. The minimum absolute atomic E-state index is 0.677. The molecule has 0 radical (unpaired) electrons. The number of hydrogen-bond acceptors (Lipinski definition) is 9. The van der Waals surface area contributed by atoms with Gasteiger partial charge in [0.25, 0.3) is 0 Å². The van der Waals surface area contributed by atoms with E-state index in [0.717, 1.165) is 34.5 Å². The summed E-state index contributed by atoms with van der Waals surface area (Å²) in [5.41, 5.74) is 0. The first-order valence-electron chi connectivity index (χ1n) is 7.68. The van der Waals surface area contributed by atoms with Crippen molar-refractivity contribution in [1.29, 1.82) is 0 Å². The van der Waals surface area contributed by atoms with Crippen LogP contribution in [-0.4, -0.2) is 79.5 Å². The molecule has 0 rings (SSSR count). The molecule has 0 amide bonds. The van der Waals surface area contributed by atoms with Crippen LogP contribution in [-0.2, 0) is 0 Å². The molecule has 23 heavy (non-hydrogen) atoms. The van der Waals surface area contributed by atoms with Crippen LogP contribution in [0.5, 0.6) is 0 Å². The molecule has 9 heteroatoms. The summed E-state index contributed by atoms with van der Waals surface area (Å²) in [5, 5.41) is 1.35. The van der Waals surface area contributed by atoms with E-state index in [0.29, 0.717) is 10.5 Å². The van der Waals surface area contributed by atoms with Crippen LogP contribution >= 0.6 is 109 Å². The van der Waals surface area contributed by atoms with Crippen molar-refractivity contribution in [3.63, 3.8) is 0 Å². The molecule has 0 aliphatic heterocycles. The zero-order chi connectivity index (χ0) is 17.2. The van der Waals surface area contributed by atoms with Crippen molar-refractivity contribution in [2.45, 2.75) is 10.5 Å². The van der Waals surface area contributed by atoms with Crippen molar-refractivity contribution in [2.75, 3.05) is 69.0 Å². The maximum atomic E-state index is 4.51. The minimum atomic E-state index is 0.677. The highest BCUT2D eigenvalue weighted by atomic mass is 32.2. The minimum Gasteiger partial charge on any atom is -0.179 e. The van der Waals surface area contributed by atoms with Crippen molar-refractivity contribution >= 4 is 109 Å². The van der Waals surface area contributed by atoms with Crippen molar-refractivity contribution < 1.29 is 0 Å². The van der Waals surface area contributed by atoms with Crippen LogP contribution in [0.25, 0.3) is 0 Å². The second kappa shape index (κ2) is 21.5. The monoisotopic (exact) mass is 486 g/mol. The van der Waals surface area contributed by atoms with Crippen LogP contribution in [0, 0.1) is 0 Å². The number of rotatable bonds is 18. The lowest BCUT2D eigenvalue weighted by Gasteiger charge is -2.17. The Morgan fingerprint density at radius 1 is 0.522 bits per heavy atom. The third kappa shape index (κ3) is 18.3. The van der Waals surface area contributed by atoms with Crippen LogP contribution in [0.1, 0.15) is 0 Å². The van der Waals surface area contributed by atoms with Gasteiger partial charge in [-0.3, -0.25) is 0 Å². The van der Waals surface area contributed by atoms with E-state index in [1.54, 1.807) is 0 Å². The van der Waals surface area contributed by atoms with Crippen LogP contribution in [0.3, 0.4) is 0 Å². The summed E-state index contributed by atoms with van der Waals surface area (Å²) < 4.78 is 0. The van der Waals surface area contributed by atoms with Crippen LogP contribution in [0.15, 0.2) is 0 Å². The largest absolute Gasteiger partial charge is 0.179 e. The van der Waals surface area contributed by atoms with Gasteiger partial charge < -0.3 is 0 Å². The van der Waals surface area contributed by atoms with Crippen molar-refractivity contribution in [1.82, 2.24) is 0 Å². The SMILES string of the molecule is SCCSCCS[C@H](CS)CSC[C@H](CS)SCCSCCS. The summed E-state index contributed by atoms with van der Waals surface area (Å²) in [6.07, 6.45) is 0. The van der Waals surface area contributed by atoms with E-state index in [4.69, 9.17) is 0 Å². The molecule has 0 aromatic heterocycles. The molecule has 0 aromatic carbocycles. The molecule has 0 fully saturated rings. The quantitative estimate of drug-likeness (QED) is 0.156. The number of thioether (sulfide) groups is 5. The smallest absolute Gasteiger partial charge is 0.0226 e. The maximum Gasteiger partial charge on any atom is 0.0226 e. The van der Waals surface area contributed by atoms with E-state index >= 15 is 0 Å². The first-order chi connectivity index (χ1) is 11.3. The van der Waals surface area contributed by atoms with Gasteiger partial charge in [-0.05, 0) is 11.5 Å². The Bertz CT molecular complexity index is 208. The molecule has 0 N–H and O–H groups in total. The Kier molecular flexibility index (Phi) is 24.4. The molecule has 0 aliphatic rings. The molecule has 0 unspecified atom stereocenters. The highest BCUT2D eigenvalue weighted by Gasteiger charge is 2.11. The predicted molar refractivity (Wildman–Crippen MR) is 140 cm³/mol. The van der Waals surface area contributed by atoms with Crippen LogP contribution < -0.4 is 0 Å². The second-order valence-electron chi connectivity index (χ2n) is 4.56. The van der Waals surface area contributed by atoms with Gasteiger partial charge in [0.1, 0.15) is 0 Å². The van der Waals surface area contributed by atoms with Crippen molar-refractivity contribution in [2.24, 2.45) is 0 Å². The Hall–Kier alpha value is 3.15. The highest BCUT2D eigenvalue weighted by molar-refractivity contribution is 8.07. The van der Waals surface area contributed by atoms with E-state index in [2.05, 4.69) is 85.8 Å². The third-order valence-corrected chi connectivity index (χ3v) is 11.8. The Labute approximate surface area is 187 Å². The molecule has 0 aliphatic carbocycles. The van der Waals surface area contributed by atoms with Gasteiger partial charge in [0.2, 0.25) is 0 Å². The number of thiol groups is 4. The molecule has 0 aromatic rings. The van der Waals surface area contributed by atoms with Gasteiger partial charge in [-0.25, -0.2) is 0 Å². The molecule has 0 bridgehead atoms. The summed E-state index contributed by atoms with van der Waals surface area (Å²) in [6.45, 7) is 0. The van der Waals surface area contributed by atoms with Gasteiger partial charge in [0.15, 0.2) is 0 Å². The van der Waals surface area contributed by atoms with Gasteiger partial charge >= 0.3 is 0 Å². The first kappa shape index (κ1) is 26.1. The Morgan fingerprint density at radius 3 is 1.30 bits per heavy atom. The van der Waals surface area contributed by atoms with Gasteiger partial charge in [0.05, 0.1) is 0 Å². The molecule has 0 saturated carbocycles. The zero-order valence-corrected chi connectivity index (χ0v) is 21.1. The van der Waals surface area contributed by atoms with E-state index in [-0.39, 0.29) is 0 Å².